The average Bonchev–Trinajstić information content (AvgIpc) is 2.23. The molecule has 0 saturated heterocycles. The second kappa shape index (κ2) is 6.50. The normalized spacial score (nSPS) is 11.5. The summed E-state index contributed by atoms with van der Waals surface area (Å²) in [5, 5.41) is 0.0744. The van der Waals surface area contributed by atoms with Crippen molar-refractivity contribution < 1.29 is 13.2 Å². The molecule has 17 heavy (non-hydrogen) atoms. The molecule has 0 spiro atoms. The molecule has 0 aliphatic heterocycles. The number of anilines is 1. The second-order valence-corrected chi connectivity index (χ2v) is 5.76. The van der Waals surface area contributed by atoms with Crippen LogP contribution in [-0.4, -0.2) is 33.7 Å². The molecule has 1 heterocycles. The van der Waals surface area contributed by atoms with Gasteiger partial charge in [-0.1, -0.05) is 11.6 Å². The van der Waals surface area contributed by atoms with Gasteiger partial charge >= 0.3 is 0 Å². The third kappa shape index (κ3) is 5.17. The van der Waals surface area contributed by atoms with Gasteiger partial charge in [0.05, 0.1) is 12.3 Å². The molecule has 0 atom stereocenters. The van der Waals surface area contributed by atoms with Gasteiger partial charge in [0.15, 0.2) is 5.15 Å². The Balaban J connectivity index is 2.72. The number of pyridine rings is 1. The molecule has 9 heteroatoms. The second-order valence-electron chi connectivity index (χ2n) is 2.98. The van der Waals surface area contributed by atoms with Crippen molar-refractivity contribution in [3.05, 3.63) is 21.9 Å². The number of nitrogens with one attached hydrogen (secondary N) is 2. The Hall–Kier alpha value is -0.410. The topological polar surface area (TPSA) is 80.3 Å². The molecular weight excluding hydrogens is 334 g/mol. The van der Waals surface area contributed by atoms with E-state index in [4.69, 9.17) is 16.3 Å². The van der Waals surface area contributed by atoms with Crippen molar-refractivity contribution in [1.29, 1.82) is 0 Å². The SMILES string of the molecule is COCCNS(=O)(=O)Nc1cc(Br)cnc1Cl. The van der Waals surface area contributed by atoms with E-state index in [1.807, 2.05) is 0 Å². The van der Waals surface area contributed by atoms with E-state index in [2.05, 4.69) is 30.4 Å². The zero-order valence-electron chi connectivity index (χ0n) is 8.91. The van der Waals surface area contributed by atoms with E-state index in [9.17, 15) is 8.42 Å². The van der Waals surface area contributed by atoms with Gasteiger partial charge in [-0.2, -0.15) is 13.1 Å². The molecule has 96 valence electrons. The van der Waals surface area contributed by atoms with E-state index in [0.29, 0.717) is 4.47 Å². The molecule has 0 unspecified atom stereocenters. The van der Waals surface area contributed by atoms with Crippen molar-refractivity contribution in [2.24, 2.45) is 0 Å². The van der Waals surface area contributed by atoms with E-state index in [-0.39, 0.29) is 24.0 Å². The molecule has 0 aromatic carbocycles. The van der Waals surface area contributed by atoms with Crippen LogP contribution in [0.1, 0.15) is 0 Å². The zero-order valence-corrected chi connectivity index (χ0v) is 12.1. The number of halogens is 2. The number of hydrogen-bond donors (Lipinski definition) is 2. The summed E-state index contributed by atoms with van der Waals surface area (Å²) in [6, 6.07) is 1.52. The highest BCUT2D eigenvalue weighted by molar-refractivity contribution is 9.10. The van der Waals surface area contributed by atoms with Crippen LogP contribution in [0.15, 0.2) is 16.7 Å². The van der Waals surface area contributed by atoms with Crippen LogP contribution in [-0.2, 0) is 14.9 Å². The first kappa shape index (κ1) is 14.7. The summed E-state index contributed by atoms with van der Waals surface area (Å²) in [7, 11) is -2.19. The first-order valence-electron chi connectivity index (χ1n) is 4.52. The molecular formula is C8H11BrClN3O3S. The Bertz CT molecular complexity index is 483. The standard InChI is InChI=1S/C8H11BrClN3O3S/c1-16-3-2-12-17(14,15)13-7-4-6(9)5-11-8(7)10/h4-5,12-13H,2-3H2,1H3. The van der Waals surface area contributed by atoms with E-state index >= 15 is 0 Å². The van der Waals surface area contributed by atoms with Gasteiger partial charge < -0.3 is 4.74 Å². The minimum atomic E-state index is -3.67. The third-order valence-electron chi connectivity index (χ3n) is 1.65. The van der Waals surface area contributed by atoms with E-state index < -0.39 is 10.2 Å². The molecule has 0 amide bonds. The van der Waals surface area contributed by atoms with Crippen LogP contribution >= 0.6 is 27.5 Å². The first-order chi connectivity index (χ1) is 7.94. The molecule has 0 radical (unpaired) electrons. The van der Waals surface area contributed by atoms with Crippen molar-refractivity contribution in [3.8, 4) is 0 Å². The number of nitrogens with zero attached hydrogens (tertiary/aromatic N) is 1. The lowest BCUT2D eigenvalue weighted by Crippen LogP contribution is -2.32. The molecule has 0 aliphatic carbocycles. The maximum atomic E-state index is 11.6. The summed E-state index contributed by atoms with van der Waals surface area (Å²) in [6.07, 6.45) is 1.47. The predicted octanol–water partition coefficient (Wildman–Crippen LogP) is 1.39. The van der Waals surface area contributed by atoms with Crippen LogP contribution in [0.5, 0.6) is 0 Å². The van der Waals surface area contributed by atoms with Crippen LogP contribution in [0.25, 0.3) is 0 Å². The van der Waals surface area contributed by atoms with Gasteiger partial charge in [0.2, 0.25) is 0 Å². The number of aromatic nitrogens is 1. The fraction of sp³-hybridized carbons (Fsp3) is 0.375. The number of hydrogen-bond acceptors (Lipinski definition) is 4. The molecule has 6 nitrogen and oxygen atoms in total. The smallest absolute Gasteiger partial charge is 0.299 e. The zero-order chi connectivity index (χ0) is 12.9. The van der Waals surface area contributed by atoms with Crippen LogP contribution in [0, 0.1) is 0 Å². The van der Waals surface area contributed by atoms with Gasteiger partial charge in [-0.05, 0) is 22.0 Å². The van der Waals surface area contributed by atoms with Crippen molar-refractivity contribution in [3.63, 3.8) is 0 Å². The number of ether oxygens (including phenoxy) is 1. The van der Waals surface area contributed by atoms with E-state index in [0.717, 1.165) is 0 Å². The van der Waals surface area contributed by atoms with Crippen LogP contribution in [0.3, 0.4) is 0 Å². The Morgan fingerprint density at radius 1 is 1.59 bits per heavy atom. The van der Waals surface area contributed by atoms with Crippen molar-refractivity contribution in [2.75, 3.05) is 25.0 Å². The maximum Gasteiger partial charge on any atom is 0.299 e. The van der Waals surface area contributed by atoms with E-state index in [1.54, 1.807) is 0 Å². The monoisotopic (exact) mass is 343 g/mol. The van der Waals surface area contributed by atoms with E-state index in [1.165, 1.54) is 19.4 Å². The lowest BCUT2D eigenvalue weighted by molar-refractivity contribution is 0.204. The molecule has 0 aliphatic rings. The number of methoxy groups -OCH3 is 1. The summed E-state index contributed by atoms with van der Waals surface area (Å²) in [5.41, 5.74) is 0.200. The summed E-state index contributed by atoms with van der Waals surface area (Å²) in [4.78, 5) is 3.80. The minimum Gasteiger partial charge on any atom is -0.383 e. The highest BCUT2D eigenvalue weighted by atomic mass is 79.9. The minimum absolute atomic E-state index is 0.0744. The Labute approximate surface area is 113 Å². The summed E-state index contributed by atoms with van der Waals surface area (Å²) < 4.78 is 33.0. The van der Waals surface area contributed by atoms with Crippen LogP contribution in [0.4, 0.5) is 5.69 Å². The predicted molar refractivity (Wildman–Crippen MR) is 69.4 cm³/mol. The van der Waals surface area contributed by atoms with Gasteiger partial charge in [-0.3, -0.25) is 4.72 Å². The van der Waals surface area contributed by atoms with Crippen LogP contribution < -0.4 is 9.44 Å². The van der Waals surface area contributed by atoms with Gasteiger partial charge in [-0.25, -0.2) is 4.98 Å². The molecule has 0 bridgehead atoms. The van der Waals surface area contributed by atoms with Gasteiger partial charge in [0.1, 0.15) is 0 Å². The highest BCUT2D eigenvalue weighted by Crippen LogP contribution is 2.23. The molecule has 1 rings (SSSR count). The third-order valence-corrected chi connectivity index (χ3v) is 3.46. The molecule has 2 N–H and O–H groups in total. The quantitative estimate of drug-likeness (QED) is 0.604. The van der Waals surface area contributed by atoms with Crippen molar-refractivity contribution >= 4 is 43.4 Å². The fourth-order valence-electron chi connectivity index (χ4n) is 0.953. The van der Waals surface area contributed by atoms with Gasteiger partial charge in [0, 0.05) is 24.3 Å². The first-order valence-corrected chi connectivity index (χ1v) is 7.17. The summed E-state index contributed by atoms with van der Waals surface area (Å²) in [6.45, 7) is 0.455. The van der Waals surface area contributed by atoms with Gasteiger partial charge in [0.25, 0.3) is 10.2 Å². The Morgan fingerprint density at radius 3 is 2.94 bits per heavy atom. The maximum absolute atomic E-state index is 11.6. The fourth-order valence-corrected chi connectivity index (χ4v) is 2.36. The lowest BCUT2D eigenvalue weighted by atomic mass is 10.4. The molecule has 1 aromatic rings. The lowest BCUT2D eigenvalue weighted by Gasteiger charge is -2.10. The average molecular weight is 345 g/mol. The molecule has 1 aromatic heterocycles. The largest absolute Gasteiger partial charge is 0.383 e. The highest BCUT2D eigenvalue weighted by Gasteiger charge is 2.12. The summed E-state index contributed by atoms with van der Waals surface area (Å²) in [5.74, 6) is 0. The van der Waals surface area contributed by atoms with Gasteiger partial charge in [-0.15, -0.1) is 0 Å². The number of rotatable bonds is 6. The van der Waals surface area contributed by atoms with Crippen LogP contribution in [0.2, 0.25) is 5.15 Å². The molecule has 0 fully saturated rings. The Morgan fingerprint density at radius 2 is 2.29 bits per heavy atom. The Kier molecular flexibility index (Phi) is 5.60. The van der Waals surface area contributed by atoms with Crippen molar-refractivity contribution in [1.82, 2.24) is 9.71 Å². The van der Waals surface area contributed by atoms with Crippen molar-refractivity contribution in [2.45, 2.75) is 0 Å². The molecule has 0 saturated carbocycles. The summed E-state index contributed by atoms with van der Waals surface area (Å²) >= 11 is 8.92.